The second-order valence-electron chi connectivity index (χ2n) is 15.9. The Labute approximate surface area is 359 Å². The molecular weight excluding hydrogens is 765 g/mol. The minimum Gasteiger partial charge on any atom is -0.756 e. The molecule has 1 N–H and O–H groups in total. The van der Waals surface area contributed by atoms with Gasteiger partial charge in [-0.15, -0.1) is 0 Å². The highest BCUT2D eigenvalue weighted by Crippen LogP contribution is 2.38. The summed E-state index contributed by atoms with van der Waals surface area (Å²) in [5.74, 6) is -0.956. The Morgan fingerprint density at radius 1 is 0.644 bits per heavy atom. The summed E-state index contributed by atoms with van der Waals surface area (Å²) in [6.45, 7) is 3.89. The molecule has 0 aliphatic heterocycles. The number of ether oxygens (including phenoxy) is 2. The van der Waals surface area contributed by atoms with Crippen LogP contribution >= 0.6 is 7.82 Å². The predicted molar refractivity (Wildman–Crippen MR) is 242 cm³/mol. The number of hydrogen-bond donors (Lipinski definition) is 1. The maximum absolute atomic E-state index is 12.7. The average molecular weight is 848 g/mol. The molecule has 3 atom stereocenters. The number of aliphatic hydroxyl groups is 1. The van der Waals surface area contributed by atoms with Gasteiger partial charge in [0, 0.05) is 12.8 Å². The van der Waals surface area contributed by atoms with Gasteiger partial charge in [0.25, 0.3) is 7.82 Å². The number of phosphoric acid groups is 1. The largest absolute Gasteiger partial charge is 0.756 e. The summed E-state index contributed by atoms with van der Waals surface area (Å²) >= 11 is 0. The van der Waals surface area contributed by atoms with Gasteiger partial charge in [-0.05, 0) is 77.0 Å². The van der Waals surface area contributed by atoms with E-state index < -0.39 is 38.6 Å². The lowest BCUT2D eigenvalue weighted by Crippen LogP contribution is -2.37. The van der Waals surface area contributed by atoms with E-state index in [1.807, 2.05) is 33.3 Å². The van der Waals surface area contributed by atoms with E-state index in [2.05, 4.69) is 80.7 Å². The van der Waals surface area contributed by atoms with Crippen LogP contribution in [0.25, 0.3) is 0 Å². The van der Waals surface area contributed by atoms with Crippen LogP contribution in [0.5, 0.6) is 0 Å². The number of allylic oxidation sites excluding steroid dienone is 13. The molecule has 0 rings (SSSR count). The van der Waals surface area contributed by atoms with Crippen molar-refractivity contribution in [3.05, 3.63) is 85.1 Å². The molecule has 0 aromatic carbocycles. The molecule has 0 fully saturated rings. The van der Waals surface area contributed by atoms with Gasteiger partial charge in [0.2, 0.25) is 0 Å². The van der Waals surface area contributed by atoms with Gasteiger partial charge in [0.1, 0.15) is 19.8 Å². The number of unbranched alkanes of at least 4 members (excludes halogenated alkanes) is 10. The second-order valence-corrected chi connectivity index (χ2v) is 17.3. The summed E-state index contributed by atoms with van der Waals surface area (Å²) < 4.78 is 33.8. The van der Waals surface area contributed by atoms with Crippen LogP contribution in [0.3, 0.4) is 0 Å². The van der Waals surface area contributed by atoms with Crippen molar-refractivity contribution in [1.82, 2.24) is 0 Å². The molecule has 0 spiro atoms. The second kappa shape index (κ2) is 39.3. The molecule has 0 saturated heterocycles. The molecule has 0 aromatic rings. The molecule has 0 amide bonds. The first-order valence-corrected chi connectivity index (χ1v) is 23.9. The lowest BCUT2D eigenvalue weighted by molar-refractivity contribution is -0.870. The van der Waals surface area contributed by atoms with E-state index in [0.717, 1.165) is 77.0 Å². The van der Waals surface area contributed by atoms with Crippen LogP contribution in [0.2, 0.25) is 0 Å². The molecule has 11 heteroatoms. The fraction of sp³-hybridized carbons (Fsp3) is 0.667. The van der Waals surface area contributed by atoms with E-state index in [1.54, 1.807) is 6.08 Å². The van der Waals surface area contributed by atoms with Crippen LogP contribution in [-0.4, -0.2) is 81.2 Å². The number of hydrogen-bond acceptors (Lipinski definition) is 9. The lowest BCUT2D eigenvalue weighted by atomic mass is 10.1. The Morgan fingerprint density at radius 2 is 1.19 bits per heavy atom. The number of aliphatic hydroxyl groups excluding tert-OH is 1. The number of quaternary nitrogens is 1. The van der Waals surface area contributed by atoms with Crippen LogP contribution < -0.4 is 4.89 Å². The van der Waals surface area contributed by atoms with Crippen LogP contribution in [-0.2, 0) is 32.7 Å². The molecule has 0 aliphatic carbocycles. The van der Waals surface area contributed by atoms with Gasteiger partial charge in [-0.3, -0.25) is 14.2 Å². The summed E-state index contributed by atoms with van der Waals surface area (Å²) in [5, 5.41) is 10.1. The van der Waals surface area contributed by atoms with Crippen molar-refractivity contribution >= 4 is 19.8 Å². The fourth-order valence-corrected chi connectivity index (χ4v) is 6.20. The summed E-state index contributed by atoms with van der Waals surface area (Å²) in [4.78, 5) is 37.6. The molecule has 0 aromatic heterocycles. The Kier molecular flexibility index (Phi) is 37.4. The number of carbonyl (C=O) groups excluding carboxylic acids is 2. The minimum absolute atomic E-state index is 0.0581. The third-order valence-corrected chi connectivity index (χ3v) is 9.97. The first kappa shape index (κ1) is 56.1. The number of rotatable bonds is 39. The first-order chi connectivity index (χ1) is 28.4. The summed E-state index contributed by atoms with van der Waals surface area (Å²) in [5.41, 5.74) is 0. The molecule has 0 aliphatic rings. The Bertz CT molecular complexity index is 1300. The number of nitrogens with zero attached hydrogens (tertiary/aromatic N) is 1. The molecular formula is C48H82NO9P. The van der Waals surface area contributed by atoms with Gasteiger partial charge in [0.05, 0.1) is 33.9 Å². The third-order valence-electron chi connectivity index (χ3n) is 9.00. The van der Waals surface area contributed by atoms with Crippen molar-refractivity contribution in [1.29, 1.82) is 0 Å². The molecule has 10 nitrogen and oxygen atoms in total. The smallest absolute Gasteiger partial charge is 0.306 e. The zero-order chi connectivity index (χ0) is 43.7. The van der Waals surface area contributed by atoms with Gasteiger partial charge in [-0.25, -0.2) is 0 Å². The predicted octanol–water partition coefficient (Wildman–Crippen LogP) is 11.1. The number of phosphoric ester groups is 1. The maximum Gasteiger partial charge on any atom is 0.306 e. The number of carbonyl (C=O) groups is 2. The van der Waals surface area contributed by atoms with Crippen LogP contribution in [0.1, 0.15) is 149 Å². The average Bonchev–Trinajstić information content (AvgIpc) is 3.18. The molecule has 0 heterocycles. The highest BCUT2D eigenvalue weighted by molar-refractivity contribution is 7.45. The molecule has 59 heavy (non-hydrogen) atoms. The Balaban J connectivity index is 4.52. The Morgan fingerprint density at radius 3 is 1.81 bits per heavy atom. The number of likely N-dealkylation sites (N-methyl/N-ethyl adjacent to an activating group) is 1. The van der Waals surface area contributed by atoms with E-state index in [1.165, 1.54) is 25.7 Å². The third kappa shape index (κ3) is 43.1. The Hall–Kier alpha value is -2.85. The first-order valence-electron chi connectivity index (χ1n) is 22.4. The summed E-state index contributed by atoms with van der Waals surface area (Å²) in [7, 11) is 1.07. The lowest BCUT2D eigenvalue weighted by Gasteiger charge is -2.28. The fourth-order valence-electron chi connectivity index (χ4n) is 5.47. The molecule has 338 valence electrons. The molecule has 0 radical (unpaired) electrons. The summed E-state index contributed by atoms with van der Waals surface area (Å²) in [6.07, 6.45) is 46.3. The van der Waals surface area contributed by atoms with Crippen molar-refractivity contribution in [3.8, 4) is 0 Å². The highest BCUT2D eigenvalue weighted by Gasteiger charge is 2.21. The maximum atomic E-state index is 12.7. The zero-order valence-electron chi connectivity index (χ0n) is 37.5. The molecule has 0 bridgehead atoms. The van der Waals surface area contributed by atoms with E-state index in [4.69, 9.17) is 18.5 Å². The zero-order valence-corrected chi connectivity index (χ0v) is 38.4. The quantitative estimate of drug-likeness (QED) is 0.0160. The van der Waals surface area contributed by atoms with Gasteiger partial charge in [-0.1, -0.05) is 144 Å². The molecule has 2 unspecified atom stereocenters. The normalized spacial score (nSPS) is 14.9. The molecule has 0 saturated carbocycles. The van der Waals surface area contributed by atoms with Crippen molar-refractivity contribution in [2.24, 2.45) is 0 Å². The van der Waals surface area contributed by atoms with Gasteiger partial charge in [-0.2, -0.15) is 0 Å². The van der Waals surface area contributed by atoms with Crippen molar-refractivity contribution in [2.45, 2.75) is 161 Å². The monoisotopic (exact) mass is 848 g/mol. The van der Waals surface area contributed by atoms with E-state index in [9.17, 15) is 24.2 Å². The number of esters is 2. The standard InChI is InChI=1S/C48H82NO9P/c1-6-8-10-12-14-15-16-17-18-19-20-21-22-23-24-25-27-31-36-40-48(52)58-46(44-57-59(53,54)56-42-41-49(3,4)5)43-55-47(51)39-35-32-28-30-34-38-45(50)37-33-29-26-13-11-9-7-2/h9,11,14-15,17-18,20-21,23-24,26,29,33,37,45-46,50H,6-8,10,12-13,16,19,22,25,27-28,30-32,34-36,38-44H2,1-5H3/b11-9+,15-14-,18-17-,21-20-,24-23-,29-26+,37-33+/t45?,46-/m1/s1. The highest BCUT2D eigenvalue weighted by atomic mass is 31.2. The van der Waals surface area contributed by atoms with Gasteiger partial charge >= 0.3 is 11.9 Å². The van der Waals surface area contributed by atoms with Crippen molar-refractivity contribution in [3.63, 3.8) is 0 Å². The van der Waals surface area contributed by atoms with Crippen molar-refractivity contribution < 1.29 is 47.2 Å². The van der Waals surface area contributed by atoms with E-state index in [-0.39, 0.29) is 26.1 Å². The SMILES string of the molecule is CC/C=C/C/C=C/C=C/C(O)CCCCCCCC(=O)OC[C@H](COP(=O)([O-])OCC[N+](C)(C)C)OC(=O)CCCCC/C=C\C/C=C\C/C=C\C/C=C\CCCCC. The topological polar surface area (TPSA) is 131 Å². The van der Waals surface area contributed by atoms with Gasteiger partial charge < -0.3 is 33.0 Å². The van der Waals surface area contributed by atoms with Crippen LogP contribution in [0, 0.1) is 0 Å². The van der Waals surface area contributed by atoms with Crippen molar-refractivity contribution in [2.75, 3.05) is 47.5 Å². The van der Waals surface area contributed by atoms with Gasteiger partial charge in [0.15, 0.2) is 6.10 Å². The summed E-state index contributed by atoms with van der Waals surface area (Å²) in [6, 6.07) is 0. The van der Waals surface area contributed by atoms with Crippen LogP contribution in [0.4, 0.5) is 0 Å². The van der Waals surface area contributed by atoms with Crippen LogP contribution in [0.15, 0.2) is 85.1 Å². The van der Waals surface area contributed by atoms with E-state index in [0.29, 0.717) is 30.3 Å². The van der Waals surface area contributed by atoms with E-state index >= 15 is 0 Å². The minimum atomic E-state index is -4.66.